The van der Waals surface area contributed by atoms with Gasteiger partial charge in [0.15, 0.2) is 0 Å². The summed E-state index contributed by atoms with van der Waals surface area (Å²) in [6.07, 6.45) is 3.93. The molecule has 0 spiro atoms. The van der Waals surface area contributed by atoms with Crippen LogP contribution in [0.25, 0.3) is 0 Å². The lowest BCUT2D eigenvalue weighted by Crippen LogP contribution is -2.36. The third-order valence-corrected chi connectivity index (χ3v) is 3.15. The molecule has 18 heavy (non-hydrogen) atoms. The normalized spacial score (nSPS) is 15.4. The zero-order chi connectivity index (χ0) is 12.8. The highest BCUT2D eigenvalue weighted by Gasteiger charge is 2.15. The first-order valence-corrected chi connectivity index (χ1v) is 6.52. The van der Waals surface area contributed by atoms with Crippen molar-refractivity contribution in [2.24, 2.45) is 0 Å². The number of nitrogen functional groups attached to an aromatic ring is 1. The van der Waals surface area contributed by atoms with Gasteiger partial charge in [0.05, 0.1) is 13.0 Å². The van der Waals surface area contributed by atoms with E-state index in [2.05, 4.69) is 0 Å². The summed E-state index contributed by atoms with van der Waals surface area (Å²) in [5.41, 5.74) is 6.33. The van der Waals surface area contributed by atoms with Crippen LogP contribution in [0.3, 0.4) is 0 Å². The third kappa shape index (κ3) is 3.65. The summed E-state index contributed by atoms with van der Waals surface area (Å²) in [5, 5.41) is 0. The Morgan fingerprint density at radius 2 is 2.06 bits per heavy atom. The topological polar surface area (TPSA) is 55.6 Å². The number of piperidine rings is 1. The van der Waals surface area contributed by atoms with Crippen molar-refractivity contribution in [3.05, 3.63) is 24.3 Å². The average Bonchev–Trinajstić information content (AvgIpc) is 2.40. The lowest BCUT2D eigenvalue weighted by molar-refractivity contribution is -0.132. The molecule has 0 saturated carbocycles. The van der Waals surface area contributed by atoms with Crippen molar-refractivity contribution in [2.75, 3.05) is 25.4 Å². The van der Waals surface area contributed by atoms with Gasteiger partial charge >= 0.3 is 0 Å². The number of hydrogen-bond donors (Lipinski definition) is 1. The molecule has 0 atom stereocenters. The van der Waals surface area contributed by atoms with E-state index in [9.17, 15) is 4.79 Å². The first-order chi connectivity index (χ1) is 8.75. The lowest BCUT2D eigenvalue weighted by Gasteiger charge is -2.26. The molecule has 0 radical (unpaired) electrons. The van der Waals surface area contributed by atoms with Gasteiger partial charge in [0.25, 0.3) is 0 Å². The number of likely N-dealkylation sites (tertiary alicyclic amines) is 1. The maximum atomic E-state index is 11.9. The number of ether oxygens (including phenoxy) is 1. The number of anilines is 1. The predicted octanol–water partition coefficient (Wildman–Crippen LogP) is 2.05. The van der Waals surface area contributed by atoms with Gasteiger partial charge in [-0.05, 0) is 31.4 Å². The van der Waals surface area contributed by atoms with Gasteiger partial charge in [0.1, 0.15) is 5.75 Å². The Balaban J connectivity index is 1.73. The molecule has 4 heteroatoms. The highest BCUT2D eigenvalue weighted by molar-refractivity contribution is 5.76. The maximum absolute atomic E-state index is 11.9. The largest absolute Gasteiger partial charge is 0.493 e. The van der Waals surface area contributed by atoms with Crippen LogP contribution >= 0.6 is 0 Å². The molecule has 0 unspecified atom stereocenters. The Bertz CT molecular complexity index is 401. The number of rotatable bonds is 4. The molecule has 1 amide bonds. The molecule has 2 N–H and O–H groups in total. The molecule has 1 aromatic carbocycles. The van der Waals surface area contributed by atoms with Gasteiger partial charge in [-0.2, -0.15) is 0 Å². The SMILES string of the molecule is Nc1cccc(OCCC(=O)N2CCCCC2)c1. The minimum absolute atomic E-state index is 0.193. The van der Waals surface area contributed by atoms with Crippen LogP contribution in [0.15, 0.2) is 24.3 Å². The molecule has 1 aliphatic rings. The van der Waals surface area contributed by atoms with Crippen LogP contribution in [0.5, 0.6) is 5.75 Å². The summed E-state index contributed by atoms with van der Waals surface area (Å²) in [6.45, 7) is 2.22. The van der Waals surface area contributed by atoms with E-state index < -0.39 is 0 Å². The Kier molecular flexibility index (Phi) is 4.45. The summed E-state index contributed by atoms with van der Waals surface area (Å²) in [4.78, 5) is 13.8. The molecule has 1 saturated heterocycles. The minimum atomic E-state index is 0.193. The second-order valence-corrected chi connectivity index (χ2v) is 4.61. The zero-order valence-electron chi connectivity index (χ0n) is 10.6. The Labute approximate surface area is 108 Å². The van der Waals surface area contributed by atoms with Crippen LogP contribution in [-0.4, -0.2) is 30.5 Å². The summed E-state index contributed by atoms with van der Waals surface area (Å²) in [7, 11) is 0. The summed E-state index contributed by atoms with van der Waals surface area (Å²) in [5.74, 6) is 0.917. The fraction of sp³-hybridized carbons (Fsp3) is 0.500. The van der Waals surface area contributed by atoms with Crippen LogP contribution in [0.1, 0.15) is 25.7 Å². The van der Waals surface area contributed by atoms with Gasteiger partial charge in [-0.3, -0.25) is 4.79 Å². The van der Waals surface area contributed by atoms with E-state index in [0.717, 1.165) is 31.7 Å². The molecule has 1 aromatic rings. The first kappa shape index (κ1) is 12.7. The molecule has 0 bridgehead atoms. The predicted molar refractivity (Wildman–Crippen MR) is 71.4 cm³/mol. The highest BCUT2D eigenvalue weighted by Crippen LogP contribution is 2.15. The molecular weight excluding hydrogens is 228 g/mol. The van der Waals surface area contributed by atoms with Crippen molar-refractivity contribution >= 4 is 11.6 Å². The quantitative estimate of drug-likeness (QED) is 0.830. The third-order valence-electron chi connectivity index (χ3n) is 3.15. The smallest absolute Gasteiger partial charge is 0.225 e. The number of amides is 1. The zero-order valence-corrected chi connectivity index (χ0v) is 10.6. The van der Waals surface area contributed by atoms with Crippen molar-refractivity contribution in [1.82, 2.24) is 4.90 Å². The molecule has 0 aliphatic carbocycles. The van der Waals surface area contributed by atoms with Crippen molar-refractivity contribution in [1.29, 1.82) is 0 Å². The van der Waals surface area contributed by atoms with Gasteiger partial charge in [-0.1, -0.05) is 6.07 Å². The number of carbonyl (C=O) groups is 1. The Hall–Kier alpha value is -1.71. The molecule has 98 valence electrons. The number of hydrogen-bond acceptors (Lipinski definition) is 3. The molecular formula is C14H20N2O2. The number of carbonyl (C=O) groups excluding carboxylic acids is 1. The summed E-state index contributed by atoms with van der Waals surface area (Å²) >= 11 is 0. The summed E-state index contributed by atoms with van der Waals surface area (Å²) in [6, 6.07) is 7.27. The molecule has 1 fully saturated rings. The van der Waals surface area contributed by atoms with Crippen LogP contribution in [-0.2, 0) is 4.79 Å². The highest BCUT2D eigenvalue weighted by atomic mass is 16.5. The van der Waals surface area contributed by atoms with Crippen LogP contribution < -0.4 is 10.5 Å². The average molecular weight is 248 g/mol. The Morgan fingerprint density at radius 3 is 2.78 bits per heavy atom. The van der Waals surface area contributed by atoms with Crippen molar-refractivity contribution < 1.29 is 9.53 Å². The van der Waals surface area contributed by atoms with E-state index in [0.29, 0.717) is 18.7 Å². The second kappa shape index (κ2) is 6.28. The van der Waals surface area contributed by atoms with E-state index >= 15 is 0 Å². The van der Waals surface area contributed by atoms with Gasteiger partial charge in [0, 0.05) is 24.8 Å². The Morgan fingerprint density at radius 1 is 1.28 bits per heavy atom. The van der Waals surface area contributed by atoms with Gasteiger partial charge in [-0.15, -0.1) is 0 Å². The maximum Gasteiger partial charge on any atom is 0.225 e. The van der Waals surface area contributed by atoms with Crippen molar-refractivity contribution in [3.63, 3.8) is 0 Å². The van der Waals surface area contributed by atoms with Crippen LogP contribution in [0, 0.1) is 0 Å². The van der Waals surface area contributed by atoms with E-state index in [1.165, 1.54) is 6.42 Å². The molecule has 1 heterocycles. The van der Waals surface area contributed by atoms with E-state index in [-0.39, 0.29) is 5.91 Å². The standard InChI is InChI=1S/C14H20N2O2/c15-12-5-4-6-13(11-12)18-10-7-14(17)16-8-2-1-3-9-16/h4-6,11H,1-3,7-10,15H2. The monoisotopic (exact) mass is 248 g/mol. The van der Waals surface area contributed by atoms with Gasteiger partial charge in [-0.25, -0.2) is 0 Å². The fourth-order valence-corrected chi connectivity index (χ4v) is 2.16. The van der Waals surface area contributed by atoms with Crippen LogP contribution in [0.2, 0.25) is 0 Å². The van der Waals surface area contributed by atoms with Crippen molar-refractivity contribution in [3.8, 4) is 5.75 Å². The number of nitrogens with two attached hydrogens (primary N) is 1. The van der Waals surface area contributed by atoms with Gasteiger partial charge < -0.3 is 15.4 Å². The molecule has 0 aromatic heterocycles. The molecule has 4 nitrogen and oxygen atoms in total. The minimum Gasteiger partial charge on any atom is -0.493 e. The number of benzene rings is 1. The first-order valence-electron chi connectivity index (χ1n) is 6.52. The van der Waals surface area contributed by atoms with Crippen LogP contribution in [0.4, 0.5) is 5.69 Å². The molecule has 1 aliphatic heterocycles. The van der Waals surface area contributed by atoms with E-state index in [1.807, 2.05) is 23.1 Å². The number of nitrogens with zero attached hydrogens (tertiary/aromatic N) is 1. The van der Waals surface area contributed by atoms with Gasteiger partial charge in [0.2, 0.25) is 5.91 Å². The molecule has 2 rings (SSSR count). The second-order valence-electron chi connectivity index (χ2n) is 4.61. The van der Waals surface area contributed by atoms with E-state index in [1.54, 1.807) is 6.07 Å². The lowest BCUT2D eigenvalue weighted by atomic mass is 10.1. The van der Waals surface area contributed by atoms with E-state index in [4.69, 9.17) is 10.5 Å². The van der Waals surface area contributed by atoms with Crippen molar-refractivity contribution in [2.45, 2.75) is 25.7 Å². The summed E-state index contributed by atoms with van der Waals surface area (Å²) < 4.78 is 5.52. The fourth-order valence-electron chi connectivity index (χ4n) is 2.16.